The zero-order valence-electron chi connectivity index (χ0n) is 15.7. The van der Waals surface area contributed by atoms with Gasteiger partial charge in [0.05, 0.1) is 17.4 Å². The van der Waals surface area contributed by atoms with Crippen molar-refractivity contribution in [3.63, 3.8) is 0 Å². The number of carbonyl (C=O) groups excluding carboxylic acids is 1. The molecular weight excluding hydrogens is 338 g/mol. The number of unbranched alkanes of at least 4 members (excludes halogenated alkanes) is 1. The Morgan fingerprint density at radius 2 is 2.00 bits per heavy atom. The molecule has 1 aliphatic carbocycles. The van der Waals surface area contributed by atoms with Gasteiger partial charge < -0.3 is 15.6 Å². The van der Waals surface area contributed by atoms with Gasteiger partial charge in [-0.25, -0.2) is 9.97 Å². The summed E-state index contributed by atoms with van der Waals surface area (Å²) in [5.74, 6) is 0.952. The highest BCUT2D eigenvalue weighted by molar-refractivity contribution is 6.06. The minimum absolute atomic E-state index is 0.234. The zero-order chi connectivity index (χ0) is 18.6. The van der Waals surface area contributed by atoms with Gasteiger partial charge in [-0.1, -0.05) is 37.5 Å². The third kappa shape index (κ3) is 3.75. The summed E-state index contributed by atoms with van der Waals surface area (Å²) >= 11 is 0. The fraction of sp³-hybridized carbons (Fsp3) is 0.476. The summed E-state index contributed by atoms with van der Waals surface area (Å²) in [7, 11) is 0. The third-order valence-electron chi connectivity index (χ3n) is 5.58. The number of aromatic nitrogens is 3. The smallest absolute Gasteiger partial charge is 0.223 e. The van der Waals surface area contributed by atoms with E-state index in [1.807, 2.05) is 24.5 Å². The second-order valence-electron chi connectivity index (χ2n) is 7.48. The van der Waals surface area contributed by atoms with E-state index >= 15 is 0 Å². The Hall–Kier alpha value is -2.63. The van der Waals surface area contributed by atoms with Crippen LogP contribution in [-0.2, 0) is 11.3 Å². The summed E-state index contributed by atoms with van der Waals surface area (Å²) in [5, 5.41) is 4.19. The van der Waals surface area contributed by atoms with Crippen molar-refractivity contribution in [3.05, 3.63) is 30.6 Å². The molecule has 0 atom stereocenters. The summed E-state index contributed by atoms with van der Waals surface area (Å²) in [6.07, 6.45) is 9.54. The monoisotopic (exact) mass is 365 g/mol. The van der Waals surface area contributed by atoms with Crippen molar-refractivity contribution in [2.24, 2.45) is 5.92 Å². The first-order valence-corrected chi connectivity index (χ1v) is 10.0. The summed E-state index contributed by atoms with van der Waals surface area (Å²) in [4.78, 5) is 21.1. The first-order chi connectivity index (χ1) is 13.2. The van der Waals surface area contributed by atoms with Crippen LogP contribution in [0.1, 0.15) is 44.9 Å². The van der Waals surface area contributed by atoms with Crippen LogP contribution in [0.15, 0.2) is 30.6 Å². The van der Waals surface area contributed by atoms with Crippen LogP contribution in [0, 0.1) is 5.92 Å². The molecule has 1 fully saturated rings. The van der Waals surface area contributed by atoms with Crippen LogP contribution >= 0.6 is 0 Å². The first kappa shape index (κ1) is 17.8. The normalized spacial score (nSPS) is 15.4. The molecule has 0 bridgehead atoms. The van der Waals surface area contributed by atoms with Crippen molar-refractivity contribution in [1.82, 2.24) is 19.9 Å². The number of fused-ring (bicyclic) bond motifs is 3. The number of amides is 1. The number of imidazole rings is 1. The van der Waals surface area contributed by atoms with Gasteiger partial charge in [0.25, 0.3) is 0 Å². The largest absolute Gasteiger partial charge is 0.382 e. The number of hydrogen-bond acceptors (Lipinski definition) is 4. The Balaban J connectivity index is 1.36. The molecule has 6 nitrogen and oxygen atoms in total. The van der Waals surface area contributed by atoms with Gasteiger partial charge in [0, 0.05) is 24.4 Å². The minimum Gasteiger partial charge on any atom is -0.382 e. The maximum Gasteiger partial charge on any atom is 0.223 e. The fourth-order valence-corrected chi connectivity index (χ4v) is 4.10. The Morgan fingerprint density at radius 3 is 2.85 bits per heavy atom. The molecule has 0 aliphatic heterocycles. The highest BCUT2D eigenvalue weighted by Crippen LogP contribution is 2.27. The molecule has 2 aromatic heterocycles. The third-order valence-corrected chi connectivity index (χ3v) is 5.58. The molecule has 6 heteroatoms. The lowest BCUT2D eigenvalue weighted by molar-refractivity contribution is -0.125. The van der Waals surface area contributed by atoms with Crippen LogP contribution in [0.3, 0.4) is 0 Å². The SMILES string of the molecule is Nc1nc2ccccc2c2c1ncn2CCCCNC(=O)C1CCCCC1. The van der Waals surface area contributed by atoms with Gasteiger partial charge >= 0.3 is 0 Å². The molecular formula is C21H27N5O. The number of pyridine rings is 1. The van der Waals surface area contributed by atoms with E-state index in [9.17, 15) is 4.79 Å². The Morgan fingerprint density at radius 1 is 1.19 bits per heavy atom. The van der Waals surface area contributed by atoms with Crippen LogP contribution < -0.4 is 11.1 Å². The highest BCUT2D eigenvalue weighted by Gasteiger charge is 2.20. The molecule has 1 aromatic carbocycles. The lowest BCUT2D eigenvalue weighted by atomic mass is 9.89. The second-order valence-corrected chi connectivity index (χ2v) is 7.48. The van der Waals surface area contributed by atoms with Crippen molar-refractivity contribution in [3.8, 4) is 0 Å². The van der Waals surface area contributed by atoms with E-state index in [1.165, 1.54) is 19.3 Å². The van der Waals surface area contributed by atoms with Gasteiger partial charge in [-0.05, 0) is 31.7 Å². The molecule has 0 unspecified atom stereocenters. The summed E-state index contributed by atoms with van der Waals surface area (Å²) in [6, 6.07) is 8.02. The number of benzene rings is 1. The molecule has 4 rings (SSSR count). The first-order valence-electron chi connectivity index (χ1n) is 10.0. The van der Waals surface area contributed by atoms with E-state index in [4.69, 9.17) is 5.73 Å². The standard InChI is InChI=1S/C21H27N5O/c22-20-18-19(16-10-4-5-11-17(16)25-20)26(14-24-18)13-7-6-12-23-21(27)15-8-2-1-3-9-15/h4-5,10-11,14-15H,1-3,6-9,12-13H2,(H2,22,25)(H,23,27). The van der Waals surface area contributed by atoms with E-state index < -0.39 is 0 Å². The molecule has 1 aliphatic rings. The number of rotatable bonds is 6. The van der Waals surface area contributed by atoms with Gasteiger partial charge in [-0.3, -0.25) is 4.79 Å². The maximum absolute atomic E-state index is 12.2. The zero-order valence-corrected chi connectivity index (χ0v) is 15.7. The van der Waals surface area contributed by atoms with Gasteiger partial charge in [0.2, 0.25) is 5.91 Å². The number of aryl methyl sites for hydroxylation is 1. The number of carbonyl (C=O) groups is 1. The van der Waals surface area contributed by atoms with Crippen molar-refractivity contribution in [1.29, 1.82) is 0 Å². The fourth-order valence-electron chi connectivity index (χ4n) is 4.10. The average Bonchev–Trinajstić information content (AvgIpc) is 3.13. The quantitative estimate of drug-likeness (QED) is 0.653. The predicted octanol–water partition coefficient (Wildman–Crippen LogP) is 3.64. The van der Waals surface area contributed by atoms with Crippen LogP contribution in [0.4, 0.5) is 5.82 Å². The van der Waals surface area contributed by atoms with Crippen molar-refractivity contribution in [2.75, 3.05) is 12.3 Å². The molecule has 3 N–H and O–H groups in total. The molecule has 0 saturated heterocycles. The highest BCUT2D eigenvalue weighted by atomic mass is 16.1. The van der Waals surface area contributed by atoms with Crippen LogP contribution in [0.2, 0.25) is 0 Å². The van der Waals surface area contributed by atoms with Crippen LogP contribution in [-0.4, -0.2) is 27.0 Å². The Labute approximate surface area is 159 Å². The number of hydrogen-bond donors (Lipinski definition) is 2. The molecule has 3 aromatic rings. The summed E-state index contributed by atoms with van der Waals surface area (Å²) in [6.45, 7) is 1.59. The Bertz CT molecular complexity index is 942. The lowest BCUT2D eigenvalue weighted by Gasteiger charge is -2.20. The summed E-state index contributed by atoms with van der Waals surface area (Å²) in [5.41, 5.74) is 8.78. The molecule has 0 spiro atoms. The molecule has 1 saturated carbocycles. The lowest BCUT2D eigenvalue weighted by Crippen LogP contribution is -2.32. The Kier molecular flexibility index (Phi) is 5.23. The number of anilines is 1. The van der Waals surface area contributed by atoms with Crippen molar-refractivity contribution >= 4 is 33.7 Å². The number of nitrogens with one attached hydrogen (secondary N) is 1. The molecule has 27 heavy (non-hydrogen) atoms. The van der Waals surface area contributed by atoms with Gasteiger partial charge in [-0.15, -0.1) is 0 Å². The van der Waals surface area contributed by atoms with E-state index in [-0.39, 0.29) is 11.8 Å². The minimum atomic E-state index is 0.234. The van der Waals surface area contributed by atoms with Gasteiger partial charge in [0.1, 0.15) is 5.52 Å². The molecule has 2 heterocycles. The van der Waals surface area contributed by atoms with E-state index in [0.29, 0.717) is 5.82 Å². The van der Waals surface area contributed by atoms with Crippen molar-refractivity contribution in [2.45, 2.75) is 51.5 Å². The van der Waals surface area contributed by atoms with Crippen LogP contribution in [0.5, 0.6) is 0 Å². The number of nitrogens with two attached hydrogens (primary N) is 1. The number of nitrogens with zero attached hydrogens (tertiary/aromatic N) is 3. The maximum atomic E-state index is 12.2. The van der Waals surface area contributed by atoms with Crippen molar-refractivity contribution < 1.29 is 4.79 Å². The number of nitrogen functional groups attached to an aromatic ring is 1. The van der Waals surface area contributed by atoms with Crippen LogP contribution in [0.25, 0.3) is 21.9 Å². The topological polar surface area (TPSA) is 85.8 Å². The van der Waals surface area contributed by atoms with E-state index in [2.05, 4.69) is 25.9 Å². The molecule has 142 valence electrons. The second kappa shape index (κ2) is 7.94. The number of para-hydroxylation sites is 1. The average molecular weight is 365 g/mol. The molecule has 0 radical (unpaired) electrons. The van der Waals surface area contributed by atoms with E-state index in [1.54, 1.807) is 0 Å². The van der Waals surface area contributed by atoms with E-state index in [0.717, 1.165) is 60.7 Å². The molecule has 1 amide bonds. The van der Waals surface area contributed by atoms with Gasteiger partial charge in [0.15, 0.2) is 5.82 Å². The van der Waals surface area contributed by atoms with Gasteiger partial charge in [-0.2, -0.15) is 0 Å². The predicted molar refractivity (Wildman–Crippen MR) is 108 cm³/mol. The summed E-state index contributed by atoms with van der Waals surface area (Å²) < 4.78 is 2.15.